The van der Waals surface area contributed by atoms with E-state index in [4.69, 9.17) is 17.3 Å². The maximum absolute atomic E-state index is 12.6. The molecule has 0 aliphatic rings. The summed E-state index contributed by atoms with van der Waals surface area (Å²) in [4.78, 5) is 0. The van der Waals surface area contributed by atoms with E-state index in [9.17, 15) is 13.2 Å². The van der Waals surface area contributed by atoms with Crippen molar-refractivity contribution in [2.24, 2.45) is 11.7 Å². The molecule has 2 atom stereocenters. The molecule has 1 nitrogen and oxygen atoms in total. The third kappa shape index (κ3) is 3.36. The van der Waals surface area contributed by atoms with Crippen molar-refractivity contribution in [2.75, 3.05) is 0 Å². The monoisotopic (exact) mass is 265 g/mol. The molecule has 2 N–H and O–H groups in total. The smallest absolute Gasteiger partial charge is 0.324 e. The Morgan fingerprint density at radius 1 is 1.35 bits per heavy atom. The summed E-state index contributed by atoms with van der Waals surface area (Å²) < 4.78 is 37.9. The quantitative estimate of drug-likeness (QED) is 0.861. The highest BCUT2D eigenvalue weighted by molar-refractivity contribution is 6.31. The molecule has 17 heavy (non-hydrogen) atoms. The predicted octanol–water partition coefficient (Wildman–Crippen LogP) is 4.40. The van der Waals surface area contributed by atoms with E-state index in [1.54, 1.807) is 6.07 Å². The van der Waals surface area contributed by atoms with E-state index in [0.29, 0.717) is 5.56 Å². The number of benzene rings is 1. The highest BCUT2D eigenvalue weighted by Gasteiger charge is 2.33. The third-order valence-electron chi connectivity index (χ3n) is 2.94. The standard InChI is InChI=1S/C12H15ClF3N/c1-3-7(2)11(17)8-4-5-10(13)9(6-8)12(14,15)16/h4-7,11H,3,17H2,1-2H3/t7?,11-/m1/s1. The van der Waals surface area contributed by atoms with Gasteiger partial charge in [-0.05, 0) is 23.6 Å². The van der Waals surface area contributed by atoms with Crippen molar-refractivity contribution in [3.63, 3.8) is 0 Å². The van der Waals surface area contributed by atoms with Crippen molar-refractivity contribution < 1.29 is 13.2 Å². The summed E-state index contributed by atoms with van der Waals surface area (Å²) in [5, 5.41) is -0.294. The normalized spacial score (nSPS) is 15.7. The molecule has 0 aliphatic carbocycles. The van der Waals surface area contributed by atoms with Crippen LogP contribution in [0.5, 0.6) is 0 Å². The molecule has 1 aromatic rings. The maximum Gasteiger partial charge on any atom is 0.417 e. The lowest BCUT2D eigenvalue weighted by Gasteiger charge is -2.20. The minimum Gasteiger partial charge on any atom is -0.324 e. The largest absolute Gasteiger partial charge is 0.417 e. The fraction of sp³-hybridized carbons (Fsp3) is 0.500. The molecule has 0 radical (unpaired) electrons. The molecule has 1 rings (SSSR count). The molecular weight excluding hydrogens is 251 g/mol. The van der Waals surface area contributed by atoms with Crippen LogP contribution in [0, 0.1) is 5.92 Å². The average Bonchev–Trinajstić information content (AvgIpc) is 2.26. The number of hydrogen-bond donors (Lipinski definition) is 1. The summed E-state index contributed by atoms with van der Waals surface area (Å²) in [6, 6.07) is 3.44. The summed E-state index contributed by atoms with van der Waals surface area (Å²) in [7, 11) is 0. The van der Waals surface area contributed by atoms with Gasteiger partial charge >= 0.3 is 6.18 Å². The summed E-state index contributed by atoms with van der Waals surface area (Å²) in [6.45, 7) is 3.86. The van der Waals surface area contributed by atoms with Crippen LogP contribution in [0.25, 0.3) is 0 Å². The van der Waals surface area contributed by atoms with Gasteiger partial charge in [-0.25, -0.2) is 0 Å². The van der Waals surface area contributed by atoms with Crippen LogP contribution in [0.2, 0.25) is 5.02 Å². The van der Waals surface area contributed by atoms with Crippen molar-refractivity contribution in [1.29, 1.82) is 0 Å². The lowest BCUT2D eigenvalue weighted by molar-refractivity contribution is -0.137. The van der Waals surface area contributed by atoms with Gasteiger partial charge in [-0.15, -0.1) is 0 Å². The van der Waals surface area contributed by atoms with E-state index < -0.39 is 17.8 Å². The van der Waals surface area contributed by atoms with Gasteiger partial charge in [0.2, 0.25) is 0 Å². The molecule has 0 aromatic heterocycles. The Morgan fingerprint density at radius 3 is 2.41 bits per heavy atom. The lowest BCUT2D eigenvalue weighted by Crippen LogP contribution is -2.19. The summed E-state index contributed by atoms with van der Waals surface area (Å²) >= 11 is 5.54. The van der Waals surface area contributed by atoms with E-state index in [2.05, 4.69) is 0 Å². The van der Waals surface area contributed by atoms with E-state index in [0.717, 1.165) is 12.5 Å². The van der Waals surface area contributed by atoms with E-state index in [1.165, 1.54) is 6.07 Å². The Bertz CT molecular complexity index is 390. The molecule has 1 aromatic carbocycles. The molecule has 0 aliphatic heterocycles. The third-order valence-corrected chi connectivity index (χ3v) is 3.27. The topological polar surface area (TPSA) is 26.0 Å². The van der Waals surface area contributed by atoms with Gasteiger partial charge in [0.1, 0.15) is 0 Å². The molecule has 0 saturated heterocycles. The fourth-order valence-electron chi connectivity index (χ4n) is 1.55. The number of nitrogens with two attached hydrogens (primary N) is 1. The number of hydrogen-bond acceptors (Lipinski definition) is 1. The minimum atomic E-state index is -4.44. The van der Waals surface area contributed by atoms with E-state index >= 15 is 0 Å². The zero-order valence-corrected chi connectivity index (χ0v) is 10.4. The summed E-state index contributed by atoms with van der Waals surface area (Å²) in [5.41, 5.74) is 5.55. The Balaban J connectivity index is 3.13. The number of alkyl halides is 3. The first kappa shape index (κ1) is 14.3. The minimum absolute atomic E-state index is 0.122. The molecule has 5 heteroatoms. The van der Waals surface area contributed by atoms with E-state index in [-0.39, 0.29) is 10.9 Å². The van der Waals surface area contributed by atoms with Crippen LogP contribution in [0.1, 0.15) is 37.4 Å². The Morgan fingerprint density at radius 2 is 1.94 bits per heavy atom. The van der Waals surface area contributed by atoms with Crippen LogP contribution >= 0.6 is 11.6 Å². The SMILES string of the molecule is CCC(C)[C@@H](N)c1ccc(Cl)c(C(F)(F)F)c1. The highest BCUT2D eigenvalue weighted by atomic mass is 35.5. The van der Waals surface area contributed by atoms with Crippen LogP contribution in [0.3, 0.4) is 0 Å². The van der Waals surface area contributed by atoms with Gasteiger partial charge in [-0.1, -0.05) is 37.9 Å². The second-order valence-electron chi connectivity index (χ2n) is 4.15. The average molecular weight is 266 g/mol. The van der Waals surface area contributed by atoms with Gasteiger partial charge < -0.3 is 5.73 Å². The van der Waals surface area contributed by atoms with Crippen LogP contribution in [0.15, 0.2) is 18.2 Å². The Labute approximate surface area is 104 Å². The van der Waals surface area contributed by atoms with Crippen molar-refractivity contribution in [3.8, 4) is 0 Å². The molecule has 0 bridgehead atoms. The van der Waals surface area contributed by atoms with Crippen molar-refractivity contribution >= 4 is 11.6 Å². The van der Waals surface area contributed by atoms with Crippen LogP contribution in [0.4, 0.5) is 13.2 Å². The zero-order chi connectivity index (χ0) is 13.2. The molecular formula is C12H15ClF3N. The van der Waals surface area contributed by atoms with Gasteiger partial charge in [-0.3, -0.25) is 0 Å². The second kappa shape index (κ2) is 5.27. The van der Waals surface area contributed by atoms with Gasteiger partial charge in [0.05, 0.1) is 10.6 Å². The van der Waals surface area contributed by atoms with Crippen LogP contribution in [-0.2, 0) is 6.18 Å². The Kier molecular flexibility index (Phi) is 4.44. The van der Waals surface area contributed by atoms with Crippen LogP contribution < -0.4 is 5.73 Å². The van der Waals surface area contributed by atoms with Gasteiger partial charge in [0.25, 0.3) is 0 Å². The van der Waals surface area contributed by atoms with Crippen LogP contribution in [-0.4, -0.2) is 0 Å². The molecule has 0 spiro atoms. The first-order valence-corrected chi connectivity index (χ1v) is 5.77. The van der Waals surface area contributed by atoms with Gasteiger partial charge in [0.15, 0.2) is 0 Å². The molecule has 0 amide bonds. The zero-order valence-electron chi connectivity index (χ0n) is 9.68. The number of halogens is 4. The highest BCUT2D eigenvalue weighted by Crippen LogP contribution is 2.36. The second-order valence-corrected chi connectivity index (χ2v) is 4.56. The first-order chi connectivity index (χ1) is 7.77. The molecule has 0 saturated carbocycles. The lowest BCUT2D eigenvalue weighted by atomic mass is 9.92. The molecule has 96 valence electrons. The maximum atomic E-state index is 12.6. The molecule has 0 fully saturated rings. The summed E-state index contributed by atoms with van der Waals surface area (Å²) in [5.74, 6) is 0.122. The number of rotatable bonds is 3. The first-order valence-electron chi connectivity index (χ1n) is 5.39. The molecule has 1 unspecified atom stereocenters. The molecule has 0 heterocycles. The summed E-state index contributed by atoms with van der Waals surface area (Å²) in [6.07, 6.45) is -3.63. The van der Waals surface area contributed by atoms with Crippen molar-refractivity contribution in [3.05, 3.63) is 34.3 Å². The Hall–Kier alpha value is -0.740. The van der Waals surface area contributed by atoms with E-state index in [1.807, 2.05) is 13.8 Å². The van der Waals surface area contributed by atoms with Crippen molar-refractivity contribution in [1.82, 2.24) is 0 Å². The van der Waals surface area contributed by atoms with Gasteiger partial charge in [-0.2, -0.15) is 13.2 Å². The van der Waals surface area contributed by atoms with Crippen molar-refractivity contribution in [2.45, 2.75) is 32.5 Å². The predicted molar refractivity (Wildman–Crippen MR) is 62.8 cm³/mol. The van der Waals surface area contributed by atoms with Gasteiger partial charge in [0, 0.05) is 6.04 Å². The fourth-order valence-corrected chi connectivity index (χ4v) is 1.77.